The number of methoxy groups -OCH3 is 1. The molecule has 7 heteroatoms. The van der Waals surface area contributed by atoms with Gasteiger partial charge in [0, 0.05) is 12.1 Å². The van der Waals surface area contributed by atoms with E-state index < -0.39 is 11.2 Å². The zero-order chi connectivity index (χ0) is 27.5. The Balaban J connectivity index is 1.62. The highest BCUT2D eigenvalue weighted by Crippen LogP contribution is 2.18. The molecule has 5 rings (SSSR count). The van der Waals surface area contributed by atoms with E-state index in [0.29, 0.717) is 34.4 Å². The molecule has 0 aliphatic rings. The SMILES string of the molecule is COc1ccc(-n2c(=O)c3ccc(C(=O)NCc4ccc(C)cc4)cc3n(Cc3ccccc3C)c2=O)cc1. The first-order chi connectivity index (χ1) is 18.9. The van der Waals surface area contributed by atoms with Crippen LogP contribution in [0.25, 0.3) is 16.6 Å². The zero-order valence-electron chi connectivity index (χ0n) is 22.1. The number of fused-ring (bicyclic) bond motifs is 1. The number of hydrogen-bond acceptors (Lipinski definition) is 4. The van der Waals surface area contributed by atoms with Crippen molar-refractivity contribution >= 4 is 16.8 Å². The molecule has 0 unspecified atom stereocenters. The van der Waals surface area contributed by atoms with Gasteiger partial charge in [0.2, 0.25) is 0 Å². The number of nitrogens with zero attached hydrogens (tertiary/aromatic N) is 2. The van der Waals surface area contributed by atoms with Crippen LogP contribution in [0.3, 0.4) is 0 Å². The Bertz CT molecular complexity index is 1780. The van der Waals surface area contributed by atoms with E-state index in [0.717, 1.165) is 26.8 Å². The summed E-state index contributed by atoms with van der Waals surface area (Å²) in [7, 11) is 1.56. The van der Waals surface area contributed by atoms with Crippen molar-refractivity contribution in [2.75, 3.05) is 7.11 Å². The van der Waals surface area contributed by atoms with Crippen molar-refractivity contribution < 1.29 is 9.53 Å². The number of nitrogens with one attached hydrogen (secondary N) is 1. The molecule has 0 atom stereocenters. The third kappa shape index (κ3) is 5.25. The van der Waals surface area contributed by atoms with Gasteiger partial charge in [-0.05, 0) is 73.0 Å². The van der Waals surface area contributed by atoms with Gasteiger partial charge >= 0.3 is 5.69 Å². The number of carbonyl (C=O) groups excluding carboxylic acids is 1. The first kappa shape index (κ1) is 25.7. The van der Waals surface area contributed by atoms with E-state index in [9.17, 15) is 14.4 Å². The molecule has 0 aliphatic carbocycles. The largest absolute Gasteiger partial charge is 0.497 e. The Kier molecular flexibility index (Phi) is 7.14. The van der Waals surface area contributed by atoms with Crippen molar-refractivity contribution in [2.24, 2.45) is 0 Å². The van der Waals surface area contributed by atoms with Crippen molar-refractivity contribution in [3.8, 4) is 11.4 Å². The van der Waals surface area contributed by atoms with E-state index in [1.165, 1.54) is 0 Å². The quantitative estimate of drug-likeness (QED) is 0.336. The Morgan fingerprint density at radius 1 is 0.872 bits per heavy atom. The molecule has 0 spiro atoms. The topological polar surface area (TPSA) is 82.3 Å². The van der Waals surface area contributed by atoms with Crippen LogP contribution < -0.4 is 21.3 Å². The first-order valence-corrected chi connectivity index (χ1v) is 12.7. The Morgan fingerprint density at radius 2 is 1.59 bits per heavy atom. The highest BCUT2D eigenvalue weighted by molar-refractivity contribution is 5.97. The molecule has 0 aliphatic heterocycles. The molecule has 0 saturated carbocycles. The lowest BCUT2D eigenvalue weighted by molar-refractivity contribution is 0.0951. The Labute approximate surface area is 225 Å². The molecule has 4 aromatic carbocycles. The van der Waals surface area contributed by atoms with E-state index in [4.69, 9.17) is 4.74 Å². The minimum Gasteiger partial charge on any atom is -0.497 e. The maximum absolute atomic E-state index is 13.9. The van der Waals surface area contributed by atoms with Gasteiger partial charge in [-0.15, -0.1) is 0 Å². The Hall–Kier alpha value is -4.91. The second-order valence-corrected chi connectivity index (χ2v) is 9.53. The molecule has 0 fully saturated rings. The standard InChI is InChI=1S/C32H29N3O4/c1-21-8-10-23(11-9-21)19-33-30(36)24-12-17-28-29(18-24)34(20-25-7-5-4-6-22(25)2)32(38)35(31(28)37)26-13-15-27(39-3)16-14-26/h4-18H,19-20H2,1-3H3,(H,33,36). The minimum absolute atomic E-state index is 0.243. The highest BCUT2D eigenvalue weighted by atomic mass is 16.5. The summed E-state index contributed by atoms with van der Waals surface area (Å²) in [6.45, 7) is 4.60. The van der Waals surface area contributed by atoms with Crippen molar-refractivity contribution in [1.82, 2.24) is 14.5 Å². The van der Waals surface area contributed by atoms with Crippen molar-refractivity contribution in [1.29, 1.82) is 0 Å². The molecular weight excluding hydrogens is 490 g/mol. The second-order valence-electron chi connectivity index (χ2n) is 9.53. The van der Waals surface area contributed by atoms with Crippen LogP contribution in [0.1, 0.15) is 32.6 Å². The predicted molar refractivity (Wildman–Crippen MR) is 153 cm³/mol. The van der Waals surface area contributed by atoms with Gasteiger partial charge in [-0.1, -0.05) is 54.1 Å². The van der Waals surface area contributed by atoms with E-state index >= 15 is 0 Å². The average molecular weight is 520 g/mol. The molecular formula is C32H29N3O4. The fourth-order valence-electron chi connectivity index (χ4n) is 4.57. The number of rotatable bonds is 7. The normalized spacial score (nSPS) is 10.9. The number of aromatic nitrogens is 2. The fourth-order valence-corrected chi connectivity index (χ4v) is 4.57. The summed E-state index contributed by atoms with van der Waals surface area (Å²) in [6, 6.07) is 27.4. The summed E-state index contributed by atoms with van der Waals surface area (Å²) in [6.07, 6.45) is 0. The lowest BCUT2D eigenvalue weighted by Crippen LogP contribution is -2.39. The highest BCUT2D eigenvalue weighted by Gasteiger charge is 2.18. The molecule has 1 N–H and O–H groups in total. The average Bonchev–Trinajstić information content (AvgIpc) is 2.96. The van der Waals surface area contributed by atoms with Gasteiger partial charge in [-0.3, -0.25) is 14.2 Å². The molecule has 1 heterocycles. The summed E-state index contributed by atoms with van der Waals surface area (Å²) < 4.78 is 7.95. The summed E-state index contributed by atoms with van der Waals surface area (Å²) in [5, 5.41) is 3.28. The van der Waals surface area contributed by atoms with Gasteiger partial charge in [-0.2, -0.15) is 0 Å². The summed E-state index contributed by atoms with van der Waals surface area (Å²) in [5.74, 6) is 0.334. The molecule has 5 aromatic rings. The molecule has 1 aromatic heterocycles. The van der Waals surface area contributed by atoms with Crippen LogP contribution in [-0.2, 0) is 13.1 Å². The summed E-state index contributed by atoms with van der Waals surface area (Å²) in [5.41, 5.74) is 4.36. The number of carbonyl (C=O) groups is 1. The van der Waals surface area contributed by atoms with Crippen molar-refractivity contribution in [3.63, 3.8) is 0 Å². The third-order valence-electron chi connectivity index (χ3n) is 6.90. The van der Waals surface area contributed by atoms with Crippen LogP contribution in [0.4, 0.5) is 0 Å². The zero-order valence-corrected chi connectivity index (χ0v) is 22.1. The van der Waals surface area contributed by atoms with E-state index in [1.807, 2.05) is 62.4 Å². The maximum atomic E-state index is 13.9. The van der Waals surface area contributed by atoms with Crippen molar-refractivity contribution in [3.05, 3.63) is 140 Å². The van der Waals surface area contributed by atoms with E-state index in [-0.39, 0.29) is 12.5 Å². The van der Waals surface area contributed by atoms with Crippen molar-refractivity contribution in [2.45, 2.75) is 26.9 Å². The molecule has 7 nitrogen and oxygen atoms in total. The fraction of sp³-hybridized carbons (Fsp3) is 0.156. The van der Waals surface area contributed by atoms with Gasteiger partial charge in [0.1, 0.15) is 5.75 Å². The smallest absolute Gasteiger partial charge is 0.336 e. The van der Waals surface area contributed by atoms with E-state index in [1.54, 1.807) is 54.1 Å². The second kappa shape index (κ2) is 10.8. The number of hydrogen-bond donors (Lipinski definition) is 1. The van der Waals surface area contributed by atoms with Gasteiger partial charge < -0.3 is 10.1 Å². The van der Waals surface area contributed by atoms with Crippen LogP contribution in [0.2, 0.25) is 0 Å². The number of ether oxygens (including phenoxy) is 1. The lowest BCUT2D eigenvalue weighted by Gasteiger charge is -2.16. The molecule has 1 amide bonds. The van der Waals surface area contributed by atoms with Gasteiger partial charge in [0.05, 0.1) is 30.2 Å². The van der Waals surface area contributed by atoms with Crippen LogP contribution in [0, 0.1) is 13.8 Å². The van der Waals surface area contributed by atoms with Gasteiger partial charge in [-0.25, -0.2) is 9.36 Å². The third-order valence-corrected chi connectivity index (χ3v) is 6.90. The van der Waals surface area contributed by atoms with Crippen LogP contribution in [0.5, 0.6) is 5.75 Å². The van der Waals surface area contributed by atoms with Crippen LogP contribution in [-0.4, -0.2) is 22.2 Å². The lowest BCUT2D eigenvalue weighted by atomic mass is 10.1. The number of aryl methyl sites for hydroxylation is 2. The maximum Gasteiger partial charge on any atom is 0.336 e. The van der Waals surface area contributed by atoms with Crippen LogP contribution in [0.15, 0.2) is 101 Å². The number of amides is 1. The predicted octanol–water partition coefficient (Wildman–Crippen LogP) is 4.76. The first-order valence-electron chi connectivity index (χ1n) is 12.7. The molecule has 39 heavy (non-hydrogen) atoms. The molecule has 0 radical (unpaired) electrons. The molecule has 196 valence electrons. The molecule has 0 saturated heterocycles. The summed E-state index contributed by atoms with van der Waals surface area (Å²) in [4.78, 5) is 40.6. The van der Waals surface area contributed by atoms with Crippen LogP contribution >= 0.6 is 0 Å². The number of benzene rings is 4. The van der Waals surface area contributed by atoms with E-state index in [2.05, 4.69) is 5.32 Å². The monoisotopic (exact) mass is 519 g/mol. The van der Waals surface area contributed by atoms with Gasteiger partial charge in [0.25, 0.3) is 11.5 Å². The molecule has 0 bridgehead atoms. The minimum atomic E-state index is -0.488. The van der Waals surface area contributed by atoms with Gasteiger partial charge in [0.15, 0.2) is 0 Å². The Morgan fingerprint density at radius 3 is 2.28 bits per heavy atom. The summed E-state index contributed by atoms with van der Waals surface area (Å²) >= 11 is 0.